The number of nitrogens with one attached hydrogen (secondary N) is 1. The Labute approximate surface area is 208 Å². The zero-order valence-electron chi connectivity index (χ0n) is 19.9. The highest BCUT2D eigenvalue weighted by Gasteiger charge is 2.15. The van der Waals surface area contributed by atoms with Gasteiger partial charge in [0.05, 0.1) is 36.0 Å². The van der Waals surface area contributed by atoms with Gasteiger partial charge in [-0.1, -0.05) is 42.1 Å². The van der Waals surface area contributed by atoms with Crippen molar-refractivity contribution in [2.24, 2.45) is 0 Å². The number of carbonyl (C=O) groups is 1. The van der Waals surface area contributed by atoms with E-state index in [4.69, 9.17) is 14.5 Å². The zero-order valence-corrected chi connectivity index (χ0v) is 20.7. The molecule has 4 rings (SSSR count). The molecule has 1 aromatic heterocycles. The molecule has 0 saturated heterocycles. The van der Waals surface area contributed by atoms with Crippen LogP contribution in [0.5, 0.6) is 11.5 Å². The molecule has 3 aromatic carbocycles. The van der Waals surface area contributed by atoms with Crippen LogP contribution in [0.3, 0.4) is 0 Å². The van der Waals surface area contributed by atoms with Crippen LogP contribution in [-0.2, 0) is 4.79 Å². The van der Waals surface area contributed by atoms with Crippen molar-refractivity contribution in [1.82, 2.24) is 14.9 Å². The summed E-state index contributed by atoms with van der Waals surface area (Å²) in [4.78, 5) is 30.6. The number of benzene rings is 3. The molecule has 1 amide bonds. The van der Waals surface area contributed by atoms with Crippen LogP contribution < -0.4 is 20.3 Å². The minimum Gasteiger partial charge on any atom is -0.493 e. The van der Waals surface area contributed by atoms with Gasteiger partial charge in [0.25, 0.3) is 5.56 Å². The molecule has 180 valence electrons. The average molecular weight is 490 g/mol. The summed E-state index contributed by atoms with van der Waals surface area (Å²) in [5, 5.41) is 3.85. The SMILES string of the molecule is COc1ccccc1OCCNC(=O)CSc1nc2ccccc2c(=O)n1-c1ccc(C)c(C)c1. The maximum absolute atomic E-state index is 13.4. The van der Waals surface area contributed by atoms with Crippen molar-refractivity contribution >= 4 is 28.6 Å². The standard InChI is InChI=1S/C27H27N3O4S/c1-18-12-13-20(16-19(18)2)30-26(32)21-8-4-5-9-22(21)29-27(30)35-17-25(31)28-14-15-34-24-11-7-6-10-23(24)33-3/h4-13,16H,14-15,17H2,1-3H3,(H,28,31). The Kier molecular flexibility index (Phi) is 7.72. The molecule has 1 heterocycles. The minimum absolute atomic E-state index is 0.115. The molecule has 0 bridgehead atoms. The fraction of sp³-hybridized carbons (Fsp3) is 0.222. The van der Waals surface area contributed by atoms with Gasteiger partial charge in [0, 0.05) is 0 Å². The molecule has 35 heavy (non-hydrogen) atoms. The van der Waals surface area contributed by atoms with E-state index < -0.39 is 0 Å². The van der Waals surface area contributed by atoms with Crippen molar-refractivity contribution in [2.75, 3.05) is 26.0 Å². The number of aryl methyl sites for hydroxylation is 2. The molecule has 7 nitrogen and oxygen atoms in total. The molecule has 0 aliphatic carbocycles. The van der Waals surface area contributed by atoms with Gasteiger partial charge in [-0.25, -0.2) is 4.98 Å². The number of rotatable bonds is 9. The second-order valence-corrected chi connectivity index (χ2v) is 8.90. The highest BCUT2D eigenvalue weighted by atomic mass is 32.2. The van der Waals surface area contributed by atoms with Crippen molar-refractivity contribution in [1.29, 1.82) is 0 Å². The largest absolute Gasteiger partial charge is 0.493 e. The van der Waals surface area contributed by atoms with Gasteiger partial charge in [0.2, 0.25) is 5.91 Å². The topological polar surface area (TPSA) is 82.5 Å². The summed E-state index contributed by atoms with van der Waals surface area (Å²) in [6.07, 6.45) is 0. The molecular formula is C27H27N3O4S. The van der Waals surface area contributed by atoms with Crippen molar-refractivity contribution < 1.29 is 14.3 Å². The number of nitrogens with zero attached hydrogens (tertiary/aromatic N) is 2. The molecule has 0 radical (unpaired) electrons. The third-order valence-electron chi connectivity index (χ3n) is 5.58. The number of carbonyl (C=O) groups excluding carboxylic acids is 1. The monoisotopic (exact) mass is 489 g/mol. The zero-order chi connectivity index (χ0) is 24.8. The fourth-order valence-corrected chi connectivity index (χ4v) is 4.41. The summed E-state index contributed by atoms with van der Waals surface area (Å²) in [5.41, 5.74) is 3.38. The Balaban J connectivity index is 1.47. The lowest BCUT2D eigenvalue weighted by Crippen LogP contribution is -2.30. The van der Waals surface area contributed by atoms with Crippen LogP contribution in [0.4, 0.5) is 0 Å². The van der Waals surface area contributed by atoms with Gasteiger partial charge < -0.3 is 14.8 Å². The normalized spacial score (nSPS) is 10.8. The van der Waals surface area contributed by atoms with Crippen molar-refractivity contribution in [3.05, 3.63) is 88.2 Å². The molecule has 0 spiro atoms. The van der Waals surface area contributed by atoms with Crippen molar-refractivity contribution in [3.8, 4) is 17.2 Å². The van der Waals surface area contributed by atoms with Crippen LogP contribution in [0.2, 0.25) is 0 Å². The molecular weight excluding hydrogens is 462 g/mol. The summed E-state index contributed by atoms with van der Waals surface area (Å²) in [6.45, 7) is 4.68. The van der Waals surface area contributed by atoms with Gasteiger partial charge in [0.15, 0.2) is 16.7 Å². The molecule has 0 fully saturated rings. The Morgan fingerprint density at radius 2 is 1.74 bits per heavy atom. The number of thioether (sulfide) groups is 1. The van der Waals surface area contributed by atoms with Gasteiger partial charge in [-0.2, -0.15) is 0 Å². The predicted octanol–water partition coefficient (Wildman–Crippen LogP) is 4.30. The lowest BCUT2D eigenvalue weighted by atomic mass is 10.1. The predicted molar refractivity (Wildman–Crippen MR) is 139 cm³/mol. The van der Waals surface area contributed by atoms with E-state index in [2.05, 4.69) is 5.32 Å². The maximum atomic E-state index is 13.4. The number of ether oxygens (including phenoxy) is 2. The first-order valence-electron chi connectivity index (χ1n) is 11.2. The van der Waals surface area contributed by atoms with E-state index >= 15 is 0 Å². The fourth-order valence-electron chi connectivity index (χ4n) is 3.57. The second kappa shape index (κ2) is 11.1. The van der Waals surface area contributed by atoms with E-state index in [0.29, 0.717) is 40.7 Å². The molecule has 8 heteroatoms. The molecule has 4 aromatic rings. The van der Waals surface area contributed by atoms with Crippen LogP contribution in [-0.4, -0.2) is 41.5 Å². The first kappa shape index (κ1) is 24.3. The van der Waals surface area contributed by atoms with E-state index in [1.165, 1.54) is 11.8 Å². The molecule has 0 unspecified atom stereocenters. The van der Waals surface area contributed by atoms with E-state index in [1.807, 2.05) is 68.4 Å². The van der Waals surface area contributed by atoms with Crippen LogP contribution in [0.15, 0.2) is 76.7 Å². The van der Waals surface area contributed by atoms with E-state index in [9.17, 15) is 9.59 Å². The Hall–Kier alpha value is -3.78. The van der Waals surface area contributed by atoms with Gasteiger partial charge in [-0.3, -0.25) is 14.2 Å². The lowest BCUT2D eigenvalue weighted by molar-refractivity contribution is -0.118. The maximum Gasteiger partial charge on any atom is 0.266 e. The van der Waals surface area contributed by atoms with E-state index in [0.717, 1.165) is 16.8 Å². The summed E-state index contributed by atoms with van der Waals surface area (Å²) < 4.78 is 12.5. The first-order valence-corrected chi connectivity index (χ1v) is 12.2. The van der Waals surface area contributed by atoms with Crippen LogP contribution in [0.1, 0.15) is 11.1 Å². The first-order chi connectivity index (χ1) is 17.0. The number of methoxy groups -OCH3 is 1. The molecule has 0 aliphatic rings. The number of fused-ring (bicyclic) bond motifs is 1. The van der Waals surface area contributed by atoms with Crippen LogP contribution in [0, 0.1) is 13.8 Å². The summed E-state index contributed by atoms with van der Waals surface area (Å²) in [7, 11) is 1.58. The van der Waals surface area contributed by atoms with Crippen molar-refractivity contribution in [2.45, 2.75) is 19.0 Å². The van der Waals surface area contributed by atoms with Gasteiger partial charge in [0.1, 0.15) is 6.61 Å². The average Bonchev–Trinajstić information content (AvgIpc) is 2.87. The summed E-state index contributed by atoms with van der Waals surface area (Å²) in [5.74, 6) is 1.20. The van der Waals surface area contributed by atoms with E-state index in [-0.39, 0.29) is 17.2 Å². The summed E-state index contributed by atoms with van der Waals surface area (Å²) >= 11 is 1.23. The van der Waals surface area contributed by atoms with Crippen molar-refractivity contribution in [3.63, 3.8) is 0 Å². The quantitative estimate of drug-likeness (QED) is 0.214. The number of para-hydroxylation sites is 3. The summed E-state index contributed by atoms with van der Waals surface area (Å²) in [6, 6.07) is 20.4. The minimum atomic E-state index is -0.173. The molecule has 1 N–H and O–H groups in total. The second-order valence-electron chi connectivity index (χ2n) is 7.96. The molecule has 0 atom stereocenters. The van der Waals surface area contributed by atoms with E-state index in [1.54, 1.807) is 23.8 Å². The smallest absolute Gasteiger partial charge is 0.266 e. The third-order valence-corrected chi connectivity index (χ3v) is 6.52. The van der Waals surface area contributed by atoms with Crippen LogP contribution >= 0.6 is 11.8 Å². The number of amides is 1. The number of hydrogen-bond acceptors (Lipinski definition) is 6. The highest BCUT2D eigenvalue weighted by Crippen LogP contribution is 2.25. The molecule has 0 saturated carbocycles. The Bertz CT molecular complexity index is 1420. The van der Waals surface area contributed by atoms with Gasteiger partial charge in [-0.15, -0.1) is 0 Å². The lowest BCUT2D eigenvalue weighted by Gasteiger charge is -2.14. The molecule has 0 aliphatic heterocycles. The third kappa shape index (κ3) is 5.66. The van der Waals surface area contributed by atoms with Crippen LogP contribution in [0.25, 0.3) is 16.6 Å². The highest BCUT2D eigenvalue weighted by molar-refractivity contribution is 7.99. The van der Waals surface area contributed by atoms with Gasteiger partial charge in [-0.05, 0) is 61.4 Å². The van der Waals surface area contributed by atoms with Gasteiger partial charge >= 0.3 is 0 Å². The number of hydrogen-bond donors (Lipinski definition) is 1. The Morgan fingerprint density at radius 3 is 2.51 bits per heavy atom. The Morgan fingerprint density at radius 1 is 1.00 bits per heavy atom. The number of aromatic nitrogens is 2.